The largest absolute Gasteiger partial charge is 0.497 e. The number of nitrogens with one attached hydrogen (secondary N) is 1. The number of unbranched alkanes of at least 4 members (excludes halogenated alkanes) is 1. The van der Waals surface area contributed by atoms with E-state index in [2.05, 4.69) is 32.2 Å². The zero-order valence-corrected chi connectivity index (χ0v) is 23.5. The Morgan fingerprint density at radius 2 is 1.79 bits per heavy atom. The molecule has 0 atom stereocenters. The highest BCUT2D eigenvalue weighted by Crippen LogP contribution is 2.26. The molecule has 0 bridgehead atoms. The standard InChI is InChI=1S/C29H30Cl2N4O2S/c1-37-25-14-12-24(13-15-25)35-27(19-21-7-3-2-4-8-21)33-34-29(35)38-18-6-5-9-28(36)32-17-16-22-10-11-23(30)20-26(22)31/h2-4,7-8,10-15,20H,5-6,9,16-19H2,1H3,(H,32,36). The molecule has 0 saturated carbocycles. The van der Waals surface area contributed by atoms with Crippen molar-refractivity contribution in [1.29, 1.82) is 0 Å². The SMILES string of the molecule is COc1ccc(-n2c(Cc3ccccc3)nnc2SCCCCC(=O)NCCc2ccc(Cl)cc2Cl)cc1. The van der Waals surface area contributed by atoms with Gasteiger partial charge < -0.3 is 10.1 Å². The van der Waals surface area contributed by atoms with Crippen molar-refractivity contribution in [3.8, 4) is 11.4 Å². The molecule has 0 unspecified atom stereocenters. The second kappa shape index (κ2) is 14.2. The van der Waals surface area contributed by atoms with Gasteiger partial charge in [-0.3, -0.25) is 9.36 Å². The lowest BCUT2D eigenvalue weighted by atomic mass is 10.1. The molecule has 4 aromatic rings. The minimum absolute atomic E-state index is 0.0478. The van der Waals surface area contributed by atoms with Crippen molar-refractivity contribution < 1.29 is 9.53 Å². The topological polar surface area (TPSA) is 69.0 Å². The molecule has 1 aromatic heterocycles. The maximum Gasteiger partial charge on any atom is 0.220 e. The fourth-order valence-corrected chi connectivity index (χ4v) is 5.45. The first kappa shape index (κ1) is 28.0. The normalized spacial score (nSPS) is 10.9. The Bertz CT molecular complexity index is 1330. The first-order valence-electron chi connectivity index (χ1n) is 12.5. The van der Waals surface area contributed by atoms with Gasteiger partial charge in [0.1, 0.15) is 11.6 Å². The molecule has 0 aliphatic carbocycles. The molecule has 198 valence electrons. The monoisotopic (exact) mass is 568 g/mol. The highest BCUT2D eigenvalue weighted by Gasteiger charge is 2.15. The smallest absolute Gasteiger partial charge is 0.220 e. The average molecular weight is 570 g/mol. The van der Waals surface area contributed by atoms with Gasteiger partial charge in [-0.15, -0.1) is 10.2 Å². The predicted molar refractivity (Wildman–Crippen MR) is 155 cm³/mol. The summed E-state index contributed by atoms with van der Waals surface area (Å²) in [6.45, 7) is 0.546. The van der Waals surface area contributed by atoms with Crippen LogP contribution in [0.1, 0.15) is 36.2 Å². The van der Waals surface area contributed by atoms with E-state index in [0.29, 0.717) is 35.9 Å². The molecule has 9 heteroatoms. The van der Waals surface area contributed by atoms with E-state index in [1.807, 2.05) is 54.6 Å². The van der Waals surface area contributed by atoms with Crippen LogP contribution in [0, 0.1) is 0 Å². The van der Waals surface area contributed by atoms with Crippen LogP contribution in [0.4, 0.5) is 0 Å². The number of thioether (sulfide) groups is 1. The average Bonchev–Trinajstić information content (AvgIpc) is 3.32. The number of nitrogens with zero attached hydrogens (tertiary/aromatic N) is 3. The molecule has 0 radical (unpaired) electrons. The molecule has 1 heterocycles. The number of aromatic nitrogens is 3. The summed E-state index contributed by atoms with van der Waals surface area (Å²) in [5.41, 5.74) is 3.14. The van der Waals surface area contributed by atoms with Crippen LogP contribution in [0.5, 0.6) is 5.75 Å². The first-order valence-corrected chi connectivity index (χ1v) is 14.2. The summed E-state index contributed by atoms with van der Waals surface area (Å²) < 4.78 is 7.42. The van der Waals surface area contributed by atoms with Gasteiger partial charge in [0.15, 0.2) is 5.16 Å². The lowest BCUT2D eigenvalue weighted by Crippen LogP contribution is -2.25. The molecule has 1 N–H and O–H groups in total. The number of benzene rings is 3. The number of hydrogen-bond donors (Lipinski definition) is 1. The van der Waals surface area contributed by atoms with E-state index in [1.54, 1.807) is 24.9 Å². The molecule has 3 aromatic carbocycles. The zero-order chi connectivity index (χ0) is 26.7. The van der Waals surface area contributed by atoms with E-state index in [4.69, 9.17) is 27.9 Å². The lowest BCUT2D eigenvalue weighted by Gasteiger charge is -2.11. The minimum atomic E-state index is 0.0478. The Morgan fingerprint density at radius 1 is 1.00 bits per heavy atom. The van der Waals surface area contributed by atoms with Gasteiger partial charge in [0.2, 0.25) is 5.91 Å². The Kier molecular flexibility index (Phi) is 10.5. The minimum Gasteiger partial charge on any atom is -0.497 e. The summed E-state index contributed by atoms with van der Waals surface area (Å²) in [6, 6.07) is 23.6. The van der Waals surface area contributed by atoms with Crippen molar-refractivity contribution in [3.05, 3.63) is 99.8 Å². The molecule has 0 aliphatic rings. The van der Waals surface area contributed by atoms with Crippen LogP contribution < -0.4 is 10.1 Å². The first-order chi connectivity index (χ1) is 18.5. The van der Waals surface area contributed by atoms with E-state index in [9.17, 15) is 4.79 Å². The van der Waals surface area contributed by atoms with E-state index >= 15 is 0 Å². The fraction of sp³-hybridized carbons (Fsp3) is 0.276. The van der Waals surface area contributed by atoms with Gasteiger partial charge in [0, 0.05) is 40.9 Å². The molecule has 1 amide bonds. The Balaban J connectivity index is 1.28. The summed E-state index contributed by atoms with van der Waals surface area (Å²) in [7, 11) is 1.66. The maximum absolute atomic E-state index is 12.3. The van der Waals surface area contributed by atoms with Crippen molar-refractivity contribution >= 4 is 40.9 Å². The van der Waals surface area contributed by atoms with Crippen LogP contribution in [-0.2, 0) is 17.6 Å². The van der Waals surface area contributed by atoms with Crippen molar-refractivity contribution in [2.75, 3.05) is 19.4 Å². The van der Waals surface area contributed by atoms with E-state index in [-0.39, 0.29) is 5.91 Å². The summed E-state index contributed by atoms with van der Waals surface area (Å²) in [5, 5.41) is 14.0. The van der Waals surface area contributed by atoms with Gasteiger partial charge in [0.25, 0.3) is 0 Å². The van der Waals surface area contributed by atoms with E-state index in [1.165, 1.54) is 5.56 Å². The molecular weight excluding hydrogens is 539 g/mol. The number of carbonyl (C=O) groups excluding carboxylic acids is 1. The van der Waals surface area contributed by atoms with E-state index < -0.39 is 0 Å². The van der Waals surface area contributed by atoms with Crippen molar-refractivity contribution in [2.45, 2.75) is 37.3 Å². The molecule has 0 fully saturated rings. The van der Waals surface area contributed by atoms with Crippen LogP contribution >= 0.6 is 35.0 Å². The summed E-state index contributed by atoms with van der Waals surface area (Å²) in [4.78, 5) is 12.3. The molecule has 38 heavy (non-hydrogen) atoms. The predicted octanol–water partition coefficient (Wildman–Crippen LogP) is 6.79. The van der Waals surface area contributed by atoms with Gasteiger partial charge in [0.05, 0.1) is 7.11 Å². The third-order valence-corrected chi connectivity index (χ3v) is 7.60. The quantitative estimate of drug-likeness (QED) is 0.142. The van der Waals surface area contributed by atoms with Gasteiger partial charge in [-0.05, 0) is 66.8 Å². The van der Waals surface area contributed by atoms with Crippen LogP contribution in [0.25, 0.3) is 5.69 Å². The second-order valence-electron chi connectivity index (χ2n) is 8.74. The van der Waals surface area contributed by atoms with Gasteiger partial charge in [-0.2, -0.15) is 0 Å². The highest BCUT2D eigenvalue weighted by molar-refractivity contribution is 7.99. The lowest BCUT2D eigenvalue weighted by molar-refractivity contribution is -0.121. The number of ether oxygens (including phenoxy) is 1. The van der Waals surface area contributed by atoms with Gasteiger partial charge >= 0.3 is 0 Å². The third kappa shape index (κ3) is 8.00. The van der Waals surface area contributed by atoms with Crippen molar-refractivity contribution in [1.82, 2.24) is 20.1 Å². The molecule has 0 spiro atoms. The van der Waals surface area contributed by atoms with Gasteiger partial charge in [-0.25, -0.2) is 0 Å². The highest BCUT2D eigenvalue weighted by atomic mass is 35.5. The number of halogens is 2. The maximum atomic E-state index is 12.3. The zero-order valence-electron chi connectivity index (χ0n) is 21.2. The second-order valence-corrected chi connectivity index (χ2v) is 10.6. The Hall–Kier alpha value is -3.00. The number of methoxy groups -OCH3 is 1. The third-order valence-electron chi connectivity index (χ3n) is 6.00. The number of rotatable bonds is 13. The van der Waals surface area contributed by atoms with Crippen molar-refractivity contribution in [2.24, 2.45) is 0 Å². The molecule has 0 saturated heterocycles. The van der Waals surface area contributed by atoms with E-state index in [0.717, 1.165) is 46.6 Å². The summed E-state index contributed by atoms with van der Waals surface area (Å²) >= 11 is 13.8. The van der Waals surface area contributed by atoms with Crippen LogP contribution in [0.2, 0.25) is 10.0 Å². The van der Waals surface area contributed by atoms with Crippen molar-refractivity contribution in [3.63, 3.8) is 0 Å². The molecule has 4 rings (SSSR count). The van der Waals surface area contributed by atoms with Crippen LogP contribution in [0.3, 0.4) is 0 Å². The summed E-state index contributed by atoms with van der Waals surface area (Å²) in [6.07, 6.45) is 3.53. The number of amides is 1. The summed E-state index contributed by atoms with van der Waals surface area (Å²) in [5.74, 6) is 2.57. The molecule has 0 aliphatic heterocycles. The Morgan fingerprint density at radius 3 is 2.53 bits per heavy atom. The van der Waals surface area contributed by atoms with Gasteiger partial charge in [-0.1, -0.05) is 71.4 Å². The fourth-order valence-electron chi connectivity index (χ4n) is 3.98. The van der Waals surface area contributed by atoms with Crippen LogP contribution in [0.15, 0.2) is 78.0 Å². The molecule has 6 nitrogen and oxygen atoms in total. The number of carbonyl (C=O) groups is 1. The number of hydrogen-bond acceptors (Lipinski definition) is 5. The Labute approximate surface area is 237 Å². The molecular formula is C29H30Cl2N4O2S. The van der Waals surface area contributed by atoms with Crippen LogP contribution in [-0.4, -0.2) is 40.1 Å².